The highest BCUT2D eigenvalue weighted by atomic mass is 16.6. The molecule has 1 aliphatic heterocycles. The molecule has 1 saturated heterocycles. The van der Waals surface area contributed by atoms with Gasteiger partial charge in [0.25, 0.3) is 0 Å². The molecule has 1 heterocycles. The van der Waals surface area contributed by atoms with E-state index in [-0.39, 0.29) is 23.8 Å². The molecule has 0 radical (unpaired) electrons. The molecular weight excluding hydrogens is 204 g/mol. The average Bonchev–Trinajstić information content (AvgIpc) is 2.94. The lowest BCUT2D eigenvalue weighted by Crippen LogP contribution is -2.48. The minimum absolute atomic E-state index is 0.0173. The first-order chi connectivity index (χ1) is 7.57. The lowest BCUT2D eigenvalue weighted by Gasteiger charge is -2.44. The maximum absolute atomic E-state index is 11.0. The van der Waals surface area contributed by atoms with Gasteiger partial charge >= 0.3 is 5.97 Å². The van der Waals surface area contributed by atoms with Crippen molar-refractivity contribution in [2.24, 2.45) is 5.41 Å². The monoisotopic (exact) mass is 224 g/mol. The molecule has 3 nitrogen and oxygen atoms in total. The first kappa shape index (κ1) is 10.6. The largest absolute Gasteiger partial charge is 0.460 e. The summed E-state index contributed by atoms with van der Waals surface area (Å²) >= 11 is 0. The molecule has 0 aromatic carbocycles. The molecule has 2 aliphatic carbocycles. The first-order valence-electron chi connectivity index (χ1n) is 6.42. The van der Waals surface area contributed by atoms with Crippen LogP contribution in [0.1, 0.15) is 52.4 Å². The highest BCUT2D eigenvalue weighted by molar-refractivity contribution is 5.66. The zero-order valence-electron chi connectivity index (χ0n) is 10.1. The topological polar surface area (TPSA) is 38.8 Å². The summed E-state index contributed by atoms with van der Waals surface area (Å²) in [5.41, 5.74) is 0.399. The normalized spacial score (nSPS) is 50.1. The van der Waals surface area contributed by atoms with Gasteiger partial charge in [0.05, 0.1) is 0 Å². The second-order valence-corrected chi connectivity index (χ2v) is 5.88. The van der Waals surface area contributed by atoms with Crippen LogP contribution in [-0.2, 0) is 14.3 Å². The van der Waals surface area contributed by atoms with Gasteiger partial charge in [-0.1, -0.05) is 19.8 Å². The van der Waals surface area contributed by atoms with E-state index in [9.17, 15) is 4.79 Å². The molecule has 90 valence electrons. The van der Waals surface area contributed by atoms with E-state index in [1.54, 1.807) is 0 Å². The molecule has 0 aromatic heterocycles. The van der Waals surface area contributed by atoms with Crippen molar-refractivity contribution in [2.75, 3.05) is 0 Å². The number of hydrogen-bond donors (Lipinski definition) is 0. The van der Waals surface area contributed by atoms with Crippen molar-refractivity contribution in [3.63, 3.8) is 0 Å². The zero-order chi connectivity index (χ0) is 11.4. The first-order valence-corrected chi connectivity index (χ1v) is 6.42. The summed E-state index contributed by atoms with van der Waals surface area (Å²) in [6.45, 7) is 3.85. The van der Waals surface area contributed by atoms with Crippen molar-refractivity contribution in [3.8, 4) is 0 Å². The van der Waals surface area contributed by atoms with E-state index in [1.165, 1.54) is 26.2 Å². The second-order valence-electron chi connectivity index (χ2n) is 5.88. The fourth-order valence-corrected chi connectivity index (χ4v) is 3.95. The van der Waals surface area contributed by atoms with Crippen molar-refractivity contribution in [2.45, 2.75) is 70.2 Å². The van der Waals surface area contributed by atoms with E-state index >= 15 is 0 Å². The van der Waals surface area contributed by atoms with E-state index in [0.717, 1.165) is 19.3 Å². The van der Waals surface area contributed by atoms with Crippen LogP contribution in [0.5, 0.6) is 0 Å². The number of hydrogen-bond acceptors (Lipinski definition) is 3. The van der Waals surface area contributed by atoms with Gasteiger partial charge in [0.2, 0.25) is 0 Å². The molecule has 1 spiro atoms. The Balaban J connectivity index is 1.79. The van der Waals surface area contributed by atoms with Crippen LogP contribution in [0.3, 0.4) is 0 Å². The Kier molecular flexibility index (Phi) is 2.13. The lowest BCUT2D eigenvalue weighted by atomic mass is 9.59. The Morgan fingerprint density at radius 2 is 2.06 bits per heavy atom. The minimum atomic E-state index is -0.171. The Bertz CT molecular complexity index is 327. The molecule has 0 amide bonds. The van der Waals surface area contributed by atoms with Crippen molar-refractivity contribution < 1.29 is 14.3 Å². The molecule has 0 bridgehead atoms. The average molecular weight is 224 g/mol. The van der Waals surface area contributed by atoms with Crippen molar-refractivity contribution in [1.82, 2.24) is 0 Å². The summed E-state index contributed by atoms with van der Waals surface area (Å²) in [5, 5.41) is 0. The van der Waals surface area contributed by atoms with Gasteiger partial charge in [-0.15, -0.1) is 0 Å². The van der Waals surface area contributed by atoms with Crippen molar-refractivity contribution >= 4 is 5.97 Å². The maximum atomic E-state index is 11.0. The predicted octanol–water partition coefficient (Wildman–Crippen LogP) is 2.43. The van der Waals surface area contributed by atoms with Gasteiger partial charge in [0.15, 0.2) is 0 Å². The molecule has 16 heavy (non-hydrogen) atoms. The number of ether oxygens (including phenoxy) is 2. The number of esters is 1. The van der Waals surface area contributed by atoms with Crippen LogP contribution in [0, 0.1) is 5.41 Å². The SMILES string of the molecule is CC(=O)O[C@H]1CC[C@]2(C)CCCC[C@]23O[C@H]13. The quantitative estimate of drug-likeness (QED) is 0.507. The molecule has 3 aliphatic rings. The van der Waals surface area contributed by atoms with Crippen LogP contribution in [0.15, 0.2) is 0 Å². The maximum Gasteiger partial charge on any atom is 0.302 e. The van der Waals surface area contributed by atoms with Gasteiger partial charge in [-0.05, 0) is 31.1 Å². The van der Waals surface area contributed by atoms with E-state index < -0.39 is 0 Å². The van der Waals surface area contributed by atoms with E-state index in [2.05, 4.69) is 6.92 Å². The Hall–Kier alpha value is -0.570. The Labute approximate surface area is 96.5 Å². The van der Waals surface area contributed by atoms with Crippen LogP contribution in [0.4, 0.5) is 0 Å². The molecule has 4 atom stereocenters. The standard InChI is InChI=1S/C13H20O3/c1-9(14)15-10-5-8-12(2)6-3-4-7-13(12)11(10)16-13/h10-11H,3-8H2,1-2H3/t10-,11+,12-,13+/m0/s1. The smallest absolute Gasteiger partial charge is 0.302 e. The van der Waals surface area contributed by atoms with Crippen molar-refractivity contribution in [3.05, 3.63) is 0 Å². The highest BCUT2D eigenvalue weighted by Crippen LogP contribution is 2.65. The lowest BCUT2D eigenvalue weighted by molar-refractivity contribution is -0.149. The van der Waals surface area contributed by atoms with Crippen LogP contribution >= 0.6 is 0 Å². The summed E-state index contributed by atoms with van der Waals surface area (Å²) in [5.74, 6) is -0.171. The van der Waals surface area contributed by atoms with Crippen LogP contribution in [0.2, 0.25) is 0 Å². The molecule has 3 rings (SSSR count). The Morgan fingerprint density at radius 3 is 2.81 bits per heavy atom. The molecule has 0 unspecified atom stereocenters. The summed E-state index contributed by atoms with van der Waals surface area (Å²) in [7, 11) is 0. The third kappa shape index (κ3) is 1.27. The number of carbonyl (C=O) groups is 1. The second kappa shape index (κ2) is 3.22. The Morgan fingerprint density at radius 1 is 1.31 bits per heavy atom. The minimum Gasteiger partial charge on any atom is -0.460 e. The van der Waals surface area contributed by atoms with Gasteiger partial charge in [0, 0.05) is 6.92 Å². The van der Waals surface area contributed by atoms with Gasteiger partial charge in [-0.25, -0.2) is 0 Å². The number of epoxide rings is 1. The number of rotatable bonds is 1. The van der Waals surface area contributed by atoms with Crippen LogP contribution < -0.4 is 0 Å². The van der Waals surface area contributed by atoms with Gasteiger partial charge < -0.3 is 9.47 Å². The summed E-state index contributed by atoms with van der Waals surface area (Å²) < 4.78 is 11.4. The van der Waals surface area contributed by atoms with Gasteiger partial charge in [-0.2, -0.15) is 0 Å². The fraction of sp³-hybridized carbons (Fsp3) is 0.923. The summed E-state index contributed by atoms with van der Waals surface area (Å²) in [4.78, 5) is 11.0. The molecule has 0 aromatic rings. The van der Waals surface area contributed by atoms with Gasteiger partial charge in [-0.3, -0.25) is 4.79 Å². The van der Waals surface area contributed by atoms with Crippen LogP contribution in [-0.4, -0.2) is 23.8 Å². The summed E-state index contributed by atoms with van der Waals surface area (Å²) in [6.07, 6.45) is 7.34. The molecule has 3 heteroatoms. The van der Waals surface area contributed by atoms with Gasteiger partial charge in [0.1, 0.15) is 17.8 Å². The molecular formula is C13H20O3. The van der Waals surface area contributed by atoms with E-state index in [4.69, 9.17) is 9.47 Å². The van der Waals surface area contributed by atoms with E-state index in [1.807, 2.05) is 0 Å². The molecule has 2 saturated carbocycles. The van der Waals surface area contributed by atoms with E-state index in [0.29, 0.717) is 5.41 Å². The zero-order valence-corrected chi connectivity index (χ0v) is 10.1. The third-order valence-electron chi connectivity index (χ3n) is 4.92. The fourth-order valence-electron chi connectivity index (χ4n) is 3.95. The summed E-state index contributed by atoms with van der Waals surface area (Å²) in [6, 6.07) is 0. The third-order valence-corrected chi connectivity index (χ3v) is 4.92. The molecule has 0 N–H and O–H groups in total. The highest BCUT2D eigenvalue weighted by Gasteiger charge is 2.72. The molecule has 3 fully saturated rings. The van der Waals surface area contributed by atoms with Crippen molar-refractivity contribution in [1.29, 1.82) is 0 Å². The number of carbonyl (C=O) groups excluding carboxylic acids is 1. The van der Waals surface area contributed by atoms with Crippen LogP contribution in [0.25, 0.3) is 0 Å². The predicted molar refractivity (Wildman–Crippen MR) is 59.0 cm³/mol.